The van der Waals surface area contributed by atoms with Gasteiger partial charge in [0.25, 0.3) is 0 Å². The Balaban J connectivity index is 2.04. The molecule has 19 heavy (non-hydrogen) atoms. The first-order chi connectivity index (χ1) is 9.20. The highest BCUT2D eigenvalue weighted by Crippen LogP contribution is 2.20. The molecule has 0 fully saturated rings. The maximum absolute atomic E-state index is 11.7. The molecular weight excluding hydrogens is 262 g/mol. The van der Waals surface area contributed by atoms with E-state index < -0.39 is 5.97 Å². The van der Waals surface area contributed by atoms with Crippen molar-refractivity contribution in [2.75, 3.05) is 24.7 Å². The number of rotatable bonds is 5. The van der Waals surface area contributed by atoms with Gasteiger partial charge < -0.3 is 15.8 Å². The van der Waals surface area contributed by atoms with E-state index in [-0.39, 0.29) is 0 Å². The quantitative estimate of drug-likeness (QED) is 0.647. The summed E-state index contributed by atoms with van der Waals surface area (Å²) in [6.07, 6.45) is 2.59. The Kier molecular flexibility index (Phi) is 4.35. The maximum Gasteiger partial charge on any atom is 0.340 e. The van der Waals surface area contributed by atoms with Gasteiger partial charge in [-0.2, -0.15) is 0 Å². The summed E-state index contributed by atoms with van der Waals surface area (Å²) < 4.78 is 4.74. The first-order valence-electron chi connectivity index (χ1n) is 5.81. The van der Waals surface area contributed by atoms with Crippen molar-refractivity contribution in [3.8, 4) is 0 Å². The third-order valence-corrected chi connectivity index (χ3v) is 3.43. The molecule has 0 aliphatic carbocycles. The molecule has 2 aromatic rings. The molecule has 2 rings (SSSR count). The van der Waals surface area contributed by atoms with E-state index in [4.69, 9.17) is 10.5 Å². The van der Waals surface area contributed by atoms with Crippen molar-refractivity contribution in [1.29, 1.82) is 0 Å². The average molecular weight is 277 g/mol. The van der Waals surface area contributed by atoms with Gasteiger partial charge in [-0.25, -0.2) is 9.78 Å². The molecule has 0 aliphatic rings. The van der Waals surface area contributed by atoms with Crippen LogP contribution in [0.4, 0.5) is 11.4 Å². The molecule has 0 amide bonds. The summed E-state index contributed by atoms with van der Waals surface area (Å²) >= 11 is 1.61. The van der Waals surface area contributed by atoms with Crippen LogP contribution >= 0.6 is 11.3 Å². The summed E-state index contributed by atoms with van der Waals surface area (Å²) in [4.78, 5) is 15.9. The van der Waals surface area contributed by atoms with Gasteiger partial charge in [0, 0.05) is 35.9 Å². The Morgan fingerprint density at radius 2 is 2.37 bits per heavy atom. The number of nitrogen functional groups attached to an aromatic ring is 1. The number of esters is 1. The molecule has 1 aromatic carbocycles. The number of hydrogen-bond donors (Lipinski definition) is 2. The molecule has 0 unspecified atom stereocenters. The van der Waals surface area contributed by atoms with E-state index in [0.717, 1.165) is 17.1 Å². The number of hydrogen-bond acceptors (Lipinski definition) is 6. The van der Waals surface area contributed by atoms with Crippen LogP contribution in [0.2, 0.25) is 0 Å². The van der Waals surface area contributed by atoms with Gasteiger partial charge in [-0.3, -0.25) is 0 Å². The lowest BCUT2D eigenvalue weighted by Gasteiger charge is -2.10. The van der Waals surface area contributed by atoms with E-state index in [0.29, 0.717) is 17.8 Å². The Labute approximate surface area is 115 Å². The molecule has 5 nitrogen and oxygen atoms in total. The van der Waals surface area contributed by atoms with Gasteiger partial charge >= 0.3 is 5.97 Å². The predicted molar refractivity (Wildman–Crippen MR) is 76.5 cm³/mol. The summed E-state index contributed by atoms with van der Waals surface area (Å²) in [6, 6.07) is 5.14. The normalized spacial score (nSPS) is 10.2. The minimum Gasteiger partial charge on any atom is -0.465 e. The Morgan fingerprint density at radius 1 is 1.53 bits per heavy atom. The number of ether oxygens (including phenoxy) is 1. The fraction of sp³-hybridized carbons (Fsp3) is 0.231. The smallest absolute Gasteiger partial charge is 0.340 e. The lowest BCUT2D eigenvalue weighted by Crippen LogP contribution is -2.11. The highest BCUT2D eigenvalue weighted by atomic mass is 32.1. The molecule has 0 radical (unpaired) electrons. The van der Waals surface area contributed by atoms with E-state index in [1.54, 1.807) is 35.7 Å². The number of nitrogens with zero attached hydrogens (tertiary/aromatic N) is 1. The van der Waals surface area contributed by atoms with Gasteiger partial charge in [-0.05, 0) is 18.2 Å². The Bertz CT molecular complexity index is 555. The second-order valence-corrected chi connectivity index (χ2v) is 4.88. The number of thiazole rings is 1. The molecule has 0 saturated carbocycles. The van der Waals surface area contributed by atoms with Crippen molar-refractivity contribution in [3.05, 3.63) is 40.3 Å². The molecule has 0 spiro atoms. The molecule has 0 bridgehead atoms. The zero-order valence-electron chi connectivity index (χ0n) is 10.6. The van der Waals surface area contributed by atoms with Crippen LogP contribution in [-0.4, -0.2) is 24.6 Å². The Hall–Kier alpha value is -2.08. The largest absolute Gasteiger partial charge is 0.465 e. The van der Waals surface area contributed by atoms with Crippen LogP contribution in [0.3, 0.4) is 0 Å². The van der Waals surface area contributed by atoms with Crippen LogP contribution in [-0.2, 0) is 11.2 Å². The standard InChI is InChI=1S/C13H15N3O2S/c1-18-13(17)10-8-9(14)2-3-11(10)15-5-4-12-16-6-7-19-12/h2-3,6-8,15H,4-5,14H2,1H3. The van der Waals surface area contributed by atoms with Crippen molar-refractivity contribution < 1.29 is 9.53 Å². The van der Waals surface area contributed by atoms with Gasteiger partial charge in [0.1, 0.15) is 0 Å². The predicted octanol–water partition coefficient (Wildman–Crippen LogP) is 2.17. The minimum atomic E-state index is -0.399. The van der Waals surface area contributed by atoms with Gasteiger partial charge in [0.05, 0.1) is 17.7 Å². The lowest BCUT2D eigenvalue weighted by molar-refractivity contribution is 0.0602. The van der Waals surface area contributed by atoms with Crippen LogP contribution in [0.1, 0.15) is 15.4 Å². The van der Waals surface area contributed by atoms with Crippen LogP contribution in [0.15, 0.2) is 29.8 Å². The SMILES string of the molecule is COC(=O)c1cc(N)ccc1NCCc1nccs1. The number of nitrogens with one attached hydrogen (secondary N) is 1. The van der Waals surface area contributed by atoms with E-state index >= 15 is 0 Å². The first-order valence-corrected chi connectivity index (χ1v) is 6.68. The van der Waals surface area contributed by atoms with Crippen LogP contribution in [0.25, 0.3) is 0 Å². The van der Waals surface area contributed by atoms with E-state index in [9.17, 15) is 4.79 Å². The zero-order chi connectivity index (χ0) is 13.7. The number of carbonyl (C=O) groups is 1. The third kappa shape index (κ3) is 3.45. The molecule has 0 atom stereocenters. The van der Waals surface area contributed by atoms with Crippen LogP contribution < -0.4 is 11.1 Å². The first kappa shape index (κ1) is 13.4. The van der Waals surface area contributed by atoms with Crippen molar-refractivity contribution in [2.45, 2.75) is 6.42 Å². The van der Waals surface area contributed by atoms with Crippen LogP contribution in [0.5, 0.6) is 0 Å². The summed E-state index contributed by atoms with van der Waals surface area (Å²) in [6.45, 7) is 0.696. The number of anilines is 2. The molecule has 0 saturated heterocycles. The third-order valence-electron chi connectivity index (χ3n) is 2.59. The highest BCUT2D eigenvalue weighted by molar-refractivity contribution is 7.09. The topological polar surface area (TPSA) is 77.2 Å². The monoisotopic (exact) mass is 277 g/mol. The van der Waals surface area contributed by atoms with Crippen molar-refractivity contribution in [3.63, 3.8) is 0 Å². The van der Waals surface area contributed by atoms with Crippen molar-refractivity contribution >= 4 is 28.7 Å². The molecular formula is C13H15N3O2S. The second-order valence-electron chi connectivity index (χ2n) is 3.90. The van der Waals surface area contributed by atoms with E-state index in [1.165, 1.54) is 7.11 Å². The van der Waals surface area contributed by atoms with Gasteiger partial charge in [0.15, 0.2) is 0 Å². The van der Waals surface area contributed by atoms with E-state index in [2.05, 4.69) is 10.3 Å². The van der Waals surface area contributed by atoms with E-state index in [1.807, 2.05) is 5.38 Å². The fourth-order valence-corrected chi connectivity index (χ4v) is 2.30. The molecule has 6 heteroatoms. The molecule has 0 aliphatic heterocycles. The maximum atomic E-state index is 11.7. The van der Waals surface area contributed by atoms with Crippen molar-refractivity contribution in [2.24, 2.45) is 0 Å². The zero-order valence-corrected chi connectivity index (χ0v) is 11.4. The Morgan fingerprint density at radius 3 is 3.05 bits per heavy atom. The fourth-order valence-electron chi connectivity index (χ4n) is 1.68. The average Bonchev–Trinajstić information content (AvgIpc) is 2.92. The summed E-state index contributed by atoms with van der Waals surface area (Å²) in [7, 11) is 1.35. The van der Waals surface area contributed by atoms with Gasteiger partial charge in [-0.1, -0.05) is 0 Å². The highest BCUT2D eigenvalue weighted by Gasteiger charge is 2.12. The van der Waals surface area contributed by atoms with Gasteiger partial charge in [0.2, 0.25) is 0 Å². The number of benzene rings is 1. The molecule has 1 heterocycles. The number of methoxy groups -OCH3 is 1. The number of nitrogens with two attached hydrogens (primary N) is 1. The van der Waals surface area contributed by atoms with Gasteiger partial charge in [-0.15, -0.1) is 11.3 Å². The summed E-state index contributed by atoms with van der Waals surface area (Å²) in [5, 5.41) is 6.21. The van der Waals surface area contributed by atoms with Crippen molar-refractivity contribution in [1.82, 2.24) is 4.98 Å². The molecule has 100 valence electrons. The number of aromatic nitrogens is 1. The second kappa shape index (κ2) is 6.19. The summed E-state index contributed by atoms with van der Waals surface area (Å²) in [5.41, 5.74) is 7.38. The summed E-state index contributed by atoms with van der Waals surface area (Å²) in [5.74, 6) is -0.399. The van der Waals surface area contributed by atoms with Crippen LogP contribution in [0, 0.1) is 0 Å². The molecule has 1 aromatic heterocycles. The minimum absolute atomic E-state index is 0.399. The number of carbonyl (C=O) groups excluding carboxylic acids is 1. The molecule has 3 N–H and O–H groups in total. The lowest BCUT2D eigenvalue weighted by atomic mass is 10.1.